The number of carbonyl (C=O) groups is 1. The molecule has 2 aromatic carbocycles. The van der Waals surface area contributed by atoms with Crippen LogP contribution in [-0.2, 0) is 4.79 Å². The van der Waals surface area contributed by atoms with E-state index in [1.165, 1.54) is 0 Å². The Balaban J connectivity index is 2.00. The molecule has 2 aromatic rings. The van der Waals surface area contributed by atoms with E-state index in [2.05, 4.69) is 6.58 Å². The summed E-state index contributed by atoms with van der Waals surface area (Å²) in [5.74, 6) is 1.56. The highest BCUT2D eigenvalue weighted by atomic mass is 16.5. The minimum atomic E-state index is -0.590. The molecule has 1 aliphatic heterocycles. The Labute approximate surface area is 154 Å². The second-order valence-corrected chi connectivity index (χ2v) is 7.36. The zero-order valence-electron chi connectivity index (χ0n) is 15.6. The summed E-state index contributed by atoms with van der Waals surface area (Å²) in [7, 11) is 1.62. The Hall–Kier alpha value is -2.75. The first-order valence-corrected chi connectivity index (χ1v) is 8.64. The monoisotopic (exact) mass is 352 g/mol. The molecule has 1 heterocycles. The number of para-hydroxylation sites is 2. The fourth-order valence-corrected chi connectivity index (χ4v) is 3.01. The number of rotatable bonds is 4. The summed E-state index contributed by atoms with van der Waals surface area (Å²) in [5, 5.41) is 0. The van der Waals surface area contributed by atoms with E-state index in [4.69, 9.17) is 14.2 Å². The molecule has 136 valence electrons. The Morgan fingerprint density at radius 2 is 1.73 bits per heavy atom. The van der Waals surface area contributed by atoms with Gasteiger partial charge < -0.3 is 14.2 Å². The topological polar surface area (TPSA) is 44.8 Å². The van der Waals surface area contributed by atoms with Gasteiger partial charge in [0.25, 0.3) is 0 Å². The second-order valence-electron chi connectivity index (χ2n) is 7.36. The lowest BCUT2D eigenvalue weighted by molar-refractivity contribution is -0.143. The number of carbonyl (C=O) groups excluding carboxylic acids is 1. The third kappa shape index (κ3) is 3.19. The Morgan fingerprint density at radius 3 is 2.38 bits per heavy atom. The van der Waals surface area contributed by atoms with Crippen molar-refractivity contribution in [2.75, 3.05) is 7.11 Å². The lowest BCUT2D eigenvalue weighted by Crippen LogP contribution is -2.26. The smallest absolute Gasteiger partial charge is 0.316 e. The lowest BCUT2D eigenvalue weighted by atomic mass is 9.90. The van der Waals surface area contributed by atoms with Gasteiger partial charge in [0.05, 0.1) is 12.5 Å². The molecule has 0 aromatic heterocycles. The summed E-state index contributed by atoms with van der Waals surface area (Å²) >= 11 is 0. The van der Waals surface area contributed by atoms with Crippen LogP contribution in [-0.4, -0.2) is 13.1 Å². The van der Waals surface area contributed by atoms with Crippen molar-refractivity contribution in [3.05, 3.63) is 66.2 Å². The van der Waals surface area contributed by atoms with Crippen LogP contribution in [0.4, 0.5) is 0 Å². The molecule has 2 atom stereocenters. The van der Waals surface area contributed by atoms with Gasteiger partial charge in [0, 0.05) is 17.0 Å². The van der Waals surface area contributed by atoms with Gasteiger partial charge in [-0.15, -0.1) is 6.58 Å². The van der Waals surface area contributed by atoms with E-state index in [9.17, 15) is 4.79 Å². The largest absolute Gasteiger partial charge is 0.493 e. The van der Waals surface area contributed by atoms with Gasteiger partial charge in [-0.1, -0.05) is 36.4 Å². The maximum absolute atomic E-state index is 12.4. The summed E-state index contributed by atoms with van der Waals surface area (Å²) in [6.45, 7) is 9.47. The van der Waals surface area contributed by atoms with E-state index in [-0.39, 0.29) is 18.0 Å². The van der Waals surface area contributed by atoms with Crippen molar-refractivity contribution in [3.8, 4) is 17.2 Å². The molecule has 0 spiro atoms. The summed E-state index contributed by atoms with van der Waals surface area (Å²) in [6.07, 6.45) is 1.53. The van der Waals surface area contributed by atoms with Crippen molar-refractivity contribution in [3.63, 3.8) is 0 Å². The summed E-state index contributed by atoms with van der Waals surface area (Å²) < 4.78 is 17.4. The first kappa shape index (κ1) is 18.1. The normalized spacial score (nSPS) is 18.6. The molecule has 26 heavy (non-hydrogen) atoms. The van der Waals surface area contributed by atoms with Gasteiger partial charge in [-0.3, -0.25) is 4.79 Å². The van der Waals surface area contributed by atoms with Crippen LogP contribution in [0.2, 0.25) is 0 Å². The molecule has 0 N–H and O–H groups in total. The summed E-state index contributed by atoms with van der Waals surface area (Å²) in [4.78, 5) is 12.4. The molecule has 0 unspecified atom stereocenters. The molecule has 0 fully saturated rings. The van der Waals surface area contributed by atoms with E-state index in [1.807, 2.05) is 63.2 Å². The predicted octanol–water partition coefficient (Wildman–Crippen LogP) is 5.05. The highest BCUT2D eigenvalue weighted by Gasteiger charge is 2.37. The highest BCUT2D eigenvalue weighted by molar-refractivity contribution is 5.78. The van der Waals surface area contributed by atoms with Gasteiger partial charge in [0.1, 0.15) is 11.9 Å². The van der Waals surface area contributed by atoms with Crippen LogP contribution < -0.4 is 14.2 Å². The summed E-state index contributed by atoms with van der Waals surface area (Å²) in [6, 6.07) is 13.3. The molecule has 4 nitrogen and oxygen atoms in total. The number of hydrogen-bond donors (Lipinski definition) is 0. The molecule has 0 saturated carbocycles. The fraction of sp³-hybridized carbons (Fsp3) is 0.318. The van der Waals surface area contributed by atoms with Crippen LogP contribution in [0.5, 0.6) is 17.2 Å². The average Bonchev–Trinajstić information content (AvgIpc) is 2.99. The molecular weight excluding hydrogens is 328 g/mol. The van der Waals surface area contributed by atoms with E-state index in [0.717, 1.165) is 11.1 Å². The molecule has 0 saturated heterocycles. The van der Waals surface area contributed by atoms with E-state index >= 15 is 0 Å². The quantitative estimate of drug-likeness (QED) is 0.439. The van der Waals surface area contributed by atoms with E-state index in [1.54, 1.807) is 13.2 Å². The number of hydrogen-bond acceptors (Lipinski definition) is 4. The Bertz CT molecular complexity index is 832. The molecular formula is C22H24O4. The molecule has 1 aliphatic rings. The van der Waals surface area contributed by atoms with Crippen LogP contribution in [0.3, 0.4) is 0 Å². The highest BCUT2D eigenvalue weighted by Crippen LogP contribution is 2.52. The molecule has 3 rings (SSSR count). The molecule has 0 radical (unpaired) electrons. The number of methoxy groups -OCH3 is 1. The molecule has 0 bridgehead atoms. The number of benzene rings is 2. The number of esters is 1. The van der Waals surface area contributed by atoms with Crippen LogP contribution in [0.25, 0.3) is 0 Å². The number of fused-ring (bicyclic) bond motifs is 1. The Kier molecular flexibility index (Phi) is 4.77. The van der Waals surface area contributed by atoms with Crippen molar-refractivity contribution < 1.29 is 19.0 Å². The van der Waals surface area contributed by atoms with Crippen molar-refractivity contribution in [1.29, 1.82) is 0 Å². The average molecular weight is 352 g/mol. The minimum absolute atomic E-state index is 0.0606. The third-order valence-electron chi connectivity index (χ3n) is 4.45. The maximum Gasteiger partial charge on any atom is 0.316 e. The lowest BCUT2D eigenvalue weighted by Gasteiger charge is -2.22. The van der Waals surface area contributed by atoms with Gasteiger partial charge in [-0.05, 0) is 32.9 Å². The first-order valence-electron chi connectivity index (χ1n) is 8.64. The number of ether oxygens (including phenoxy) is 3. The SMILES string of the molecule is C=C[C@@H]1c2cccc(OC)c2O[C@H]1c1ccccc1OC(=O)C(C)(C)C. The van der Waals surface area contributed by atoms with Gasteiger partial charge in [-0.25, -0.2) is 0 Å². The zero-order chi connectivity index (χ0) is 18.9. The zero-order valence-corrected chi connectivity index (χ0v) is 15.6. The standard InChI is InChI=1S/C22H24O4/c1-6-14-15-11-9-13-18(24-5)20(15)26-19(14)16-10-7-8-12-17(16)25-21(23)22(2,3)4/h6-14,19H,1H2,2-5H3/t14-,19-/m1/s1. The van der Waals surface area contributed by atoms with Crippen LogP contribution in [0.1, 0.15) is 43.9 Å². The van der Waals surface area contributed by atoms with Crippen molar-refractivity contribution in [2.45, 2.75) is 32.8 Å². The third-order valence-corrected chi connectivity index (χ3v) is 4.45. The predicted molar refractivity (Wildman–Crippen MR) is 101 cm³/mol. The van der Waals surface area contributed by atoms with Crippen LogP contribution in [0, 0.1) is 5.41 Å². The fourth-order valence-electron chi connectivity index (χ4n) is 3.01. The molecule has 0 aliphatic carbocycles. The maximum atomic E-state index is 12.4. The molecule has 4 heteroatoms. The van der Waals surface area contributed by atoms with Gasteiger partial charge >= 0.3 is 5.97 Å². The van der Waals surface area contributed by atoms with Gasteiger partial charge in [0.15, 0.2) is 11.5 Å². The van der Waals surface area contributed by atoms with Crippen LogP contribution in [0.15, 0.2) is 55.1 Å². The van der Waals surface area contributed by atoms with Gasteiger partial charge in [-0.2, -0.15) is 0 Å². The van der Waals surface area contributed by atoms with E-state index < -0.39 is 5.41 Å². The minimum Gasteiger partial charge on any atom is -0.493 e. The van der Waals surface area contributed by atoms with Crippen molar-refractivity contribution >= 4 is 5.97 Å². The van der Waals surface area contributed by atoms with E-state index in [0.29, 0.717) is 17.2 Å². The first-order chi connectivity index (χ1) is 12.4. The molecule has 0 amide bonds. The van der Waals surface area contributed by atoms with Crippen molar-refractivity contribution in [2.24, 2.45) is 5.41 Å². The Morgan fingerprint density at radius 1 is 1.08 bits per heavy atom. The van der Waals surface area contributed by atoms with Gasteiger partial charge in [0.2, 0.25) is 0 Å². The van der Waals surface area contributed by atoms with Crippen molar-refractivity contribution in [1.82, 2.24) is 0 Å². The van der Waals surface area contributed by atoms with Crippen LogP contribution >= 0.6 is 0 Å². The second kappa shape index (κ2) is 6.87. The summed E-state index contributed by atoms with van der Waals surface area (Å²) in [5.41, 5.74) is 1.24.